The molecule has 0 aromatic rings. The van der Waals surface area contributed by atoms with Crippen molar-refractivity contribution in [2.24, 2.45) is 0 Å². The summed E-state index contributed by atoms with van der Waals surface area (Å²) in [6, 6.07) is -3.28. The fourth-order valence-corrected chi connectivity index (χ4v) is 7.83. The molecule has 28 nitrogen and oxygen atoms in total. The van der Waals surface area contributed by atoms with Crippen molar-refractivity contribution in [1.82, 2.24) is 10.6 Å². The average molecular weight is 911 g/mol. The third kappa shape index (κ3) is 10.8. The predicted octanol–water partition coefficient (Wildman–Crippen LogP) is -11.6. The van der Waals surface area contributed by atoms with E-state index in [1.807, 2.05) is 0 Å². The number of rotatable bonds is 15. The molecule has 0 aromatic carbocycles. The minimum absolute atomic E-state index is 0.726. The van der Waals surface area contributed by atoms with Crippen molar-refractivity contribution in [1.29, 1.82) is 0 Å². The molecule has 5 aliphatic rings. The van der Waals surface area contributed by atoms with Gasteiger partial charge in [0.05, 0.1) is 33.0 Å². The van der Waals surface area contributed by atoms with Crippen LogP contribution in [0.4, 0.5) is 0 Å². The molecule has 0 saturated carbocycles. The summed E-state index contributed by atoms with van der Waals surface area (Å²) in [6.45, 7) is -2.53. The summed E-state index contributed by atoms with van der Waals surface area (Å²) in [4.78, 5) is 24.4. The maximum absolute atomic E-state index is 12.5. The molecule has 5 rings (SSSR count). The van der Waals surface area contributed by atoms with Crippen molar-refractivity contribution in [3.63, 3.8) is 0 Å². The molecule has 5 heterocycles. The largest absolute Gasteiger partial charge is 0.394 e. The first-order chi connectivity index (χ1) is 29.3. The van der Waals surface area contributed by atoms with E-state index < -0.39 is 198 Å². The van der Waals surface area contributed by atoms with Gasteiger partial charge >= 0.3 is 0 Å². The number of hydrogen-bond donors (Lipinski definition) is 17. The van der Waals surface area contributed by atoms with Crippen molar-refractivity contribution in [2.45, 2.75) is 167 Å². The topological polar surface area (TPSA) is 445 Å². The molecular formula is C34H58N2O26. The average Bonchev–Trinajstić information content (AvgIpc) is 3.23. The fraction of sp³-hybridized carbons (Fsp3) is 0.941. The Kier molecular flexibility index (Phi) is 18.1. The highest BCUT2D eigenvalue weighted by Crippen LogP contribution is 2.35. The Morgan fingerprint density at radius 2 is 0.726 bits per heavy atom. The van der Waals surface area contributed by atoms with Gasteiger partial charge in [-0.15, -0.1) is 0 Å². The minimum Gasteiger partial charge on any atom is -0.394 e. The van der Waals surface area contributed by atoms with E-state index in [0.29, 0.717) is 0 Å². The van der Waals surface area contributed by atoms with Crippen LogP contribution in [0.25, 0.3) is 0 Å². The molecule has 0 spiro atoms. The molecule has 0 aromatic heterocycles. The zero-order valence-electron chi connectivity index (χ0n) is 33.2. The van der Waals surface area contributed by atoms with Gasteiger partial charge in [0.2, 0.25) is 11.8 Å². The number of aliphatic hydroxyl groups excluding tert-OH is 15. The van der Waals surface area contributed by atoms with Gasteiger partial charge in [0.25, 0.3) is 0 Å². The number of carbonyl (C=O) groups is 2. The first-order valence-electron chi connectivity index (χ1n) is 19.6. The highest BCUT2D eigenvalue weighted by molar-refractivity contribution is 5.73. The SMILES string of the molecule is CC(=O)N[C@H]1[C@H](O[C@H]2[C@@H](O)[C@@H](CO)O[C@@H](O[C@H]3[C@H](O)[C@@H](O)[C@@H](O)O[C@@H]3CO)[C@@H]2O)O[C@H](CO)[C@@H](O[C@@H]2O[C@H](CO)[C@H](O)[C@@H](O[C@@H]3O[C@H](CO)[C@@H](O)[C@H](O)[C@H]3NC(C)=O)[C@H]2O)[C@@H]1O. The molecule has 62 heavy (non-hydrogen) atoms. The van der Waals surface area contributed by atoms with Crippen LogP contribution in [-0.2, 0) is 52.2 Å². The molecule has 2 amide bonds. The molecule has 0 radical (unpaired) electrons. The normalized spacial score (nSPS) is 49.0. The van der Waals surface area contributed by atoms with E-state index in [4.69, 9.17) is 42.6 Å². The van der Waals surface area contributed by atoms with Crippen molar-refractivity contribution in [3.05, 3.63) is 0 Å². The zero-order chi connectivity index (χ0) is 45.9. The highest BCUT2D eigenvalue weighted by atomic mass is 16.8. The van der Waals surface area contributed by atoms with Gasteiger partial charge in [-0.1, -0.05) is 0 Å². The summed E-state index contributed by atoms with van der Waals surface area (Å²) in [7, 11) is 0. The van der Waals surface area contributed by atoms with Crippen LogP contribution in [0.2, 0.25) is 0 Å². The minimum atomic E-state index is -2.10. The molecule has 28 heteroatoms. The van der Waals surface area contributed by atoms with E-state index in [1.54, 1.807) is 0 Å². The molecule has 5 fully saturated rings. The summed E-state index contributed by atoms with van der Waals surface area (Å²) in [6.07, 6.45) is -42.2. The quantitative estimate of drug-likeness (QED) is 0.0725. The number of nitrogens with one attached hydrogen (secondary N) is 2. The fourth-order valence-electron chi connectivity index (χ4n) is 7.83. The number of amides is 2. The first kappa shape index (κ1) is 51.0. The van der Waals surface area contributed by atoms with E-state index in [1.165, 1.54) is 0 Å². The molecule has 0 bridgehead atoms. The van der Waals surface area contributed by atoms with Gasteiger partial charge in [0.15, 0.2) is 31.5 Å². The lowest BCUT2D eigenvalue weighted by Crippen LogP contribution is -2.70. The summed E-state index contributed by atoms with van der Waals surface area (Å²) in [5, 5.41) is 163. The predicted molar refractivity (Wildman–Crippen MR) is 190 cm³/mol. The number of aliphatic hydroxyl groups is 15. The third-order valence-corrected chi connectivity index (χ3v) is 11.1. The molecule has 17 N–H and O–H groups in total. The first-order valence-corrected chi connectivity index (χ1v) is 19.6. The lowest BCUT2D eigenvalue weighted by Gasteiger charge is -2.50. The lowest BCUT2D eigenvalue weighted by molar-refractivity contribution is -0.384. The van der Waals surface area contributed by atoms with Gasteiger partial charge in [0, 0.05) is 13.8 Å². The van der Waals surface area contributed by atoms with E-state index in [9.17, 15) is 86.2 Å². The Bertz CT molecular complexity index is 1440. The van der Waals surface area contributed by atoms with Gasteiger partial charge in [-0.25, -0.2) is 0 Å². The smallest absolute Gasteiger partial charge is 0.217 e. The van der Waals surface area contributed by atoms with Crippen LogP contribution in [0.5, 0.6) is 0 Å². The van der Waals surface area contributed by atoms with Crippen molar-refractivity contribution >= 4 is 11.8 Å². The van der Waals surface area contributed by atoms with Crippen molar-refractivity contribution in [2.75, 3.05) is 33.0 Å². The summed E-state index contributed by atoms with van der Waals surface area (Å²) < 4.78 is 50.7. The second-order valence-electron chi connectivity index (χ2n) is 15.4. The Morgan fingerprint density at radius 1 is 0.387 bits per heavy atom. The van der Waals surface area contributed by atoms with Gasteiger partial charge in [-0.3, -0.25) is 9.59 Å². The Labute approximate surface area is 351 Å². The van der Waals surface area contributed by atoms with Crippen molar-refractivity contribution in [3.8, 4) is 0 Å². The van der Waals surface area contributed by atoms with E-state index in [-0.39, 0.29) is 0 Å². The summed E-state index contributed by atoms with van der Waals surface area (Å²) in [5.74, 6) is -1.55. The Morgan fingerprint density at radius 3 is 1.15 bits per heavy atom. The molecule has 5 aliphatic heterocycles. The van der Waals surface area contributed by atoms with E-state index in [0.717, 1.165) is 13.8 Å². The molecule has 0 aliphatic carbocycles. The van der Waals surface area contributed by atoms with Crippen LogP contribution >= 0.6 is 0 Å². The number of carbonyl (C=O) groups excluding carboxylic acids is 2. The third-order valence-electron chi connectivity index (χ3n) is 11.1. The van der Waals surface area contributed by atoms with E-state index >= 15 is 0 Å². The lowest BCUT2D eigenvalue weighted by atomic mass is 9.94. The molecule has 0 unspecified atom stereocenters. The van der Waals surface area contributed by atoms with Gasteiger partial charge in [-0.2, -0.15) is 0 Å². The molecule has 5 saturated heterocycles. The monoisotopic (exact) mass is 910 g/mol. The Balaban J connectivity index is 1.37. The zero-order valence-corrected chi connectivity index (χ0v) is 33.2. The maximum atomic E-state index is 12.5. The van der Waals surface area contributed by atoms with Crippen molar-refractivity contribution < 1.29 is 129 Å². The van der Waals surface area contributed by atoms with Gasteiger partial charge in [0.1, 0.15) is 122 Å². The standard InChI is InChI=1S/C34H58N2O26/c1-8(42)35-15-20(47)17(44)10(3-37)55-31(15)61-28-18(45)11(4-38)56-33(24(28)51)59-26-14(7-41)58-32(16(21(26)48)36-9(2)43)62-29-19(46)12(5-39)57-34(25(29)52)60-27-13(6-40)54-30(53)23(50)22(27)49/h10-34,37-41,44-53H,3-7H2,1-2H3,(H,35,42)(H,36,43)/t10-,11-,12-,13-,14-,15-,16-,17-,18+,19+,20-,21-,22-,23-,24-,25-,26-,27-,28-,29+,30+,31+,32+,33+,34+/m1/s1. The van der Waals surface area contributed by atoms with Gasteiger partial charge < -0.3 is 130 Å². The van der Waals surface area contributed by atoms with E-state index in [2.05, 4.69) is 10.6 Å². The van der Waals surface area contributed by atoms with Crippen LogP contribution in [-0.4, -0.2) is 275 Å². The highest BCUT2D eigenvalue weighted by Gasteiger charge is 2.57. The second-order valence-corrected chi connectivity index (χ2v) is 15.4. The number of hydrogen-bond acceptors (Lipinski definition) is 26. The second kappa shape index (κ2) is 22.0. The van der Waals surface area contributed by atoms with Crippen LogP contribution < -0.4 is 10.6 Å². The maximum Gasteiger partial charge on any atom is 0.217 e. The number of ether oxygens (including phenoxy) is 9. The van der Waals surface area contributed by atoms with Crippen LogP contribution in [0.15, 0.2) is 0 Å². The Hall–Kier alpha value is -2.02. The summed E-state index contributed by atoms with van der Waals surface area (Å²) in [5.41, 5.74) is 0. The van der Waals surface area contributed by atoms with Crippen LogP contribution in [0.1, 0.15) is 13.8 Å². The van der Waals surface area contributed by atoms with Crippen LogP contribution in [0.3, 0.4) is 0 Å². The van der Waals surface area contributed by atoms with Gasteiger partial charge in [-0.05, 0) is 0 Å². The molecule has 25 atom stereocenters. The van der Waals surface area contributed by atoms with Crippen LogP contribution in [0, 0.1) is 0 Å². The molecular weight excluding hydrogens is 852 g/mol. The summed E-state index contributed by atoms with van der Waals surface area (Å²) >= 11 is 0. The molecule has 360 valence electrons.